The highest BCUT2D eigenvalue weighted by molar-refractivity contribution is 6.29. The van der Waals surface area contributed by atoms with Crippen LogP contribution in [-0.4, -0.2) is 10.5 Å². The number of hydrogen-bond acceptors (Lipinski definition) is 0. The Bertz CT molecular complexity index is 1890. The van der Waals surface area contributed by atoms with Crippen LogP contribution in [-0.2, 0) is 0 Å². The second-order valence-electron chi connectivity index (χ2n) is 9.76. The standard InChI is InChI=1S/C37H26N2/c1-25-23-28(22-21-27-13-5-3-6-14-27)24-26(2)34(25)37(39-38)36-32-19-11-9-17-30(32)35(29-15-7-4-8-16-29)31-18-10-12-20-33(31)36/h3-20,23-24H,1-2H3. The van der Waals surface area contributed by atoms with E-state index in [2.05, 4.69) is 103 Å². The molecule has 0 aliphatic carbocycles. The van der Waals surface area contributed by atoms with Crippen LogP contribution in [0.15, 0.2) is 121 Å². The Balaban J connectivity index is 1.59. The van der Waals surface area contributed by atoms with Gasteiger partial charge in [-0.2, -0.15) is 4.79 Å². The average molecular weight is 499 g/mol. The predicted octanol–water partition coefficient (Wildman–Crippen LogP) is 8.74. The molecule has 0 saturated carbocycles. The van der Waals surface area contributed by atoms with Gasteiger partial charge >= 0.3 is 5.71 Å². The molecule has 6 aromatic carbocycles. The van der Waals surface area contributed by atoms with Gasteiger partial charge in [0.25, 0.3) is 0 Å². The predicted molar refractivity (Wildman–Crippen MR) is 162 cm³/mol. The molecule has 0 radical (unpaired) electrons. The Morgan fingerprint density at radius 1 is 0.538 bits per heavy atom. The van der Waals surface area contributed by atoms with Gasteiger partial charge in [-0.3, -0.25) is 0 Å². The third-order valence-electron chi connectivity index (χ3n) is 7.23. The summed E-state index contributed by atoms with van der Waals surface area (Å²) in [6, 6.07) is 41.4. The van der Waals surface area contributed by atoms with Gasteiger partial charge in [0.1, 0.15) is 0 Å². The Morgan fingerprint density at radius 2 is 1.00 bits per heavy atom. The lowest BCUT2D eigenvalue weighted by Crippen LogP contribution is -2.11. The van der Waals surface area contributed by atoms with E-state index in [1.807, 2.05) is 48.5 Å². The van der Waals surface area contributed by atoms with E-state index in [9.17, 15) is 5.53 Å². The second kappa shape index (κ2) is 10.3. The lowest BCUT2D eigenvalue weighted by molar-refractivity contribution is -0.00264. The first-order chi connectivity index (χ1) is 19.2. The molecule has 184 valence electrons. The third-order valence-corrected chi connectivity index (χ3v) is 7.23. The van der Waals surface area contributed by atoms with Gasteiger partial charge in [-0.1, -0.05) is 109 Å². The van der Waals surface area contributed by atoms with Gasteiger partial charge in [0.15, 0.2) is 0 Å². The number of rotatable bonds is 3. The van der Waals surface area contributed by atoms with E-state index in [1.54, 1.807) is 0 Å². The molecule has 0 spiro atoms. The maximum absolute atomic E-state index is 10.6. The zero-order chi connectivity index (χ0) is 26.8. The van der Waals surface area contributed by atoms with Crippen LogP contribution in [0.1, 0.15) is 33.4 Å². The summed E-state index contributed by atoms with van der Waals surface area (Å²) in [5.74, 6) is 6.55. The summed E-state index contributed by atoms with van der Waals surface area (Å²) in [6.45, 7) is 4.12. The molecule has 0 atom stereocenters. The summed E-state index contributed by atoms with van der Waals surface area (Å²) in [6.07, 6.45) is 0. The number of hydrogen-bond donors (Lipinski definition) is 0. The largest absolute Gasteiger partial charge is 0.361 e. The van der Waals surface area contributed by atoms with Gasteiger partial charge < -0.3 is 5.53 Å². The van der Waals surface area contributed by atoms with E-state index < -0.39 is 0 Å². The first-order valence-corrected chi connectivity index (χ1v) is 13.1. The maximum atomic E-state index is 10.6. The van der Waals surface area contributed by atoms with Crippen LogP contribution in [0.2, 0.25) is 0 Å². The minimum Gasteiger partial charge on any atom is -0.361 e. The van der Waals surface area contributed by atoms with Crippen molar-refractivity contribution in [2.24, 2.45) is 0 Å². The Kier molecular flexibility index (Phi) is 6.36. The fourth-order valence-corrected chi connectivity index (χ4v) is 5.60. The lowest BCUT2D eigenvalue weighted by Gasteiger charge is -2.16. The molecule has 0 heterocycles. The van der Waals surface area contributed by atoms with Crippen molar-refractivity contribution in [2.45, 2.75) is 13.8 Å². The molecule has 0 saturated heterocycles. The molecule has 0 N–H and O–H groups in total. The zero-order valence-electron chi connectivity index (χ0n) is 21.9. The smallest absolute Gasteiger partial charge is 0.331 e. The molecule has 6 rings (SSSR count). The van der Waals surface area contributed by atoms with E-state index in [0.29, 0.717) is 5.71 Å². The molecule has 39 heavy (non-hydrogen) atoms. The van der Waals surface area contributed by atoms with Crippen LogP contribution in [0.4, 0.5) is 0 Å². The number of fused-ring (bicyclic) bond motifs is 2. The van der Waals surface area contributed by atoms with Crippen LogP contribution >= 0.6 is 0 Å². The molecular weight excluding hydrogens is 472 g/mol. The number of aryl methyl sites for hydroxylation is 2. The van der Waals surface area contributed by atoms with Crippen LogP contribution in [0.25, 0.3) is 38.2 Å². The molecule has 0 unspecified atom stereocenters. The van der Waals surface area contributed by atoms with Crippen molar-refractivity contribution >= 4 is 27.3 Å². The highest BCUT2D eigenvalue weighted by atomic mass is 14.9. The van der Waals surface area contributed by atoms with Crippen molar-refractivity contribution in [3.8, 4) is 23.0 Å². The Morgan fingerprint density at radius 3 is 1.54 bits per heavy atom. The summed E-state index contributed by atoms with van der Waals surface area (Å²) >= 11 is 0. The van der Waals surface area contributed by atoms with E-state index in [0.717, 1.165) is 60.5 Å². The molecule has 0 aromatic heterocycles. The molecule has 0 aliphatic rings. The molecule has 0 fully saturated rings. The van der Waals surface area contributed by atoms with E-state index in [1.165, 1.54) is 5.56 Å². The number of nitrogens with zero attached hydrogens (tertiary/aromatic N) is 2. The van der Waals surface area contributed by atoms with Crippen molar-refractivity contribution in [1.29, 1.82) is 0 Å². The van der Waals surface area contributed by atoms with Crippen molar-refractivity contribution in [3.63, 3.8) is 0 Å². The topological polar surface area (TPSA) is 36.4 Å². The van der Waals surface area contributed by atoms with Crippen LogP contribution in [0.5, 0.6) is 0 Å². The maximum Gasteiger partial charge on any atom is 0.331 e. The van der Waals surface area contributed by atoms with Crippen LogP contribution in [0.3, 0.4) is 0 Å². The first-order valence-electron chi connectivity index (χ1n) is 13.1. The molecular formula is C37H26N2. The second-order valence-corrected chi connectivity index (χ2v) is 9.76. The fourth-order valence-electron chi connectivity index (χ4n) is 5.60. The zero-order valence-corrected chi connectivity index (χ0v) is 21.9. The molecule has 2 nitrogen and oxygen atoms in total. The van der Waals surface area contributed by atoms with Gasteiger partial charge in [0.05, 0.1) is 11.1 Å². The summed E-state index contributed by atoms with van der Waals surface area (Å²) < 4.78 is 0. The van der Waals surface area contributed by atoms with Gasteiger partial charge in [-0.15, -0.1) is 0 Å². The molecule has 0 aliphatic heterocycles. The normalized spacial score (nSPS) is 10.6. The lowest BCUT2D eigenvalue weighted by atomic mass is 9.83. The summed E-state index contributed by atoms with van der Waals surface area (Å²) in [7, 11) is 0. The van der Waals surface area contributed by atoms with Gasteiger partial charge in [-0.05, 0) is 81.9 Å². The SMILES string of the molecule is Cc1cc(C#Cc2ccccc2)cc(C)c1C(=[N+]=[N-])c1c2ccccc2c(-c2ccccc2)c2ccccc12. The monoisotopic (exact) mass is 498 g/mol. The van der Waals surface area contributed by atoms with Crippen LogP contribution in [0, 0.1) is 25.7 Å². The highest BCUT2D eigenvalue weighted by Gasteiger charge is 2.27. The van der Waals surface area contributed by atoms with E-state index in [-0.39, 0.29) is 0 Å². The minimum absolute atomic E-state index is 0.569. The molecule has 0 amide bonds. The minimum atomic E-state index is 0.569. The molecule has 0 bridgehead atoms. The van der Waals surface area contributed by atoms with Crippen molar-refractivity contribution < 1.29 is 4.79 Å². The fraction of sp³-hybridized carbons (Fsp3) is 0.0541. The van der Waals surface area contributed by atoms with Crippen molar-refractivity contribution in [1.82, 2.24) is 0 Å². The van der Waals surface area contributed by atoms with Crippen molar-refractivity contribution in [3.05, 3.63) is 160 Å². The molecule has 2 heteroatoms. The van der Waals surface area contributed by atoms with Crippen LogP contribution < -0.4 is 0 Å². The summed E-state index contributed by atoms with van der Waals surface area (Å²) in [5.41, 5.74) is 19.3. The number of benzene rings is 6. The van der Waals surface area contributed by atoms with Crippen molar-refractivity contribution in [2.75, 3.05) is 0 Å². The van der Waals surface area contributed by atoms with E-state index in [4.69, 9.17) is 0 Å². The Labute approximate surface area is 228 Å². The Hall–Kier alpha value is -5.22. The quantitative estimate of drug-likeness (QED) is 0.0769. The third kappa shape index (κ3) is 4.42. The highest BCUT2D eigenvalue weighted by Crippen LogP contribution is 2.40. The average Bonchev–Trinajstić information content (AvgIpc) is 2.98. The van der Waals surface area contributed by atoms with E-state index >= 15 is 0 Å². The van der Waals surface area contributed by atoms with Gasteiger partial charge in [0.2, 0.25) is 0 Å². The summed E-state index contributed by atoms with van der Waals surface area (Å²) in [4.78, 5) is 3.96. The van der Waals surface area contributed by atoms with Gasteiger partial charge in [-0.25, -0.2) is 0 Å². The molecule has 6 aromatic rings. The van der Waals surface area contributed by atoms with Gasteiger partial charge in [0, 0.05) is 11.1 Å². The first kappa shape index (κ1) is 24.1. The summed E-state index contributed by atoms with van der Waals surface area (Å²) in [5, 5.41) is 4.35.